The normalized spacial score (nSPS) is 17.4. The molecule has 3 aromatic rings. The second-order valence-corrected chi connectivity index (χ2v) is 6.60. The Morgan fingerprint density at radius 2 is 1.35 bits per heavy atom. The average Bonchev–Trinajstić information content (AvgIpc) is 3.13. The standard InChI is InChI=1S/C23H22N2O/c26-23(21-14-8-3-9-15-21)25-17-16-24(18-19-10-4-1-5-11-19)22(25)20-12-6-2-7-13-20/h1-15,22H,16-18H2. The van der Waals surface area contributed by atoms with Crippen molar-refractivity contribution in [2.24, 2.45) is 0 Å². The van der Waals surface area contributed by atoms with Gasteiger partial charge in [-0.05, 0) is 23.3 Å². The highest BCUT2D eigenvalue weighted by atomic mass is 16.2. The maximum Gasteiger partial charge on any atom is 0.255 e. The molecule has 26 heavy (non-hydrogen) atoms. The summed E-state index contributed by atoms with van der Waals surface area (Å²) in [5, 5.41) is 0. The molecule has 0 bridgehead atoms. The van der Waals surface area contributed by atoms with Crippen molar-refractivity contribution < 1.29 is 4.79 Å². The summed E-state index contributed by atoms with van der Waals surface area (Å²) in [5.74, 6) is 0.0926. The van der Waals surface area contributed by atoms with Gasteiger partial charge in [-0.3, -0.25) is 9.69 Å². The Hall–Kier alpha value is -2.91. The van der Waals surface area contributed by atoms with E-state index in [9.17, 15) is 4.79 Å². The van der Waals surface area contributed by atoms with Gasteiger partial charge in [0.1, 0.15) is 6.17 Å². The lowest BCUT2D eigenvalue weighted by atomic mass is 10.1. The van der Waals surface area contributed by atoms with E-state index in [-0.39, 0.29) is 12.1 Å². The zero-order valence-corrected chi connectivity index (χ0v) is 14.7. The number of hydrogen-bond acceptors (Lipinski definition) is 2. The van der Waals surface area contributed by atoms with Crippen LogP contribution in [-0.2, 0) is 6.54 Å². The van der Waals surface area contributed by atoms with Crippen LogP contribution in [-0.4, -0.2) is 28.8 Å². The van der Waals surface area contributed by atoms with Crippen LogP contribution >= 0.6 is 0 Å². The molecule has 3 nitrogen and oxygen atoms in total. The van der Waals surface area contributed by atoms with Crippen molar-refractivity contribution in [1.29, 1.82) is 0 Å². The molecule has 1 amide bonds. The van der Waals surface area contributed by atoms with E-state index >= 15 is 0 Å². The molecule has 0 radical (unpaired) electrons. The SMILES string of the molecule is O=C(c1ccccc1)N1CCN(Cc2ccccc2)C1c1ccccc1. The molecular weight excluding hydrogens is 320 g/mol. The predicted molar refractivity (Wildman–Crippen MR) is 104 cm³/mol. The minimum Gasteiger partial charge on any atom is -0.317 e. The molecule has 0 saturated carbocycles. The Morgan fingerprint density at radius 1 is 0.769 bits per heavy atom. The fraction of sp³-hybridized carbons (Fsp3) is 0.174. The second kappa shape index (κ2) is 7.54. The highest BCUT2D eigenvalue weighted by Crippen LogP contribution is 2.32. The summed E-state index contributed by atoms with van der Waals surface area (Å²) in [6.07, 6.45) is -0.0379. The molecule has 4 rings (SSSR count). The van der Waals surface area contributed by atoms with Crippen LogP contribution in [0.5, 0.6) is 0 Å². The van der Waals surface area contributed by atoms with E-state index in [4.69, 9.17) is 0 Å². The molecule has 1 atom stereocenters. The van der Waals surface area contributed by atoms with Gasteiger partial charge in [-0.2, -0.15) is 0 Å². The maximum atomic E-state index is 13.1. The molecule has 1 fully saturated rings. The van der Waals surface area contributed by atoms with Gasteiger partial charge >= 0.3 is 0 Å². The molecule has 3 aromatic carbocycles. The summed E-state index contributed by atoms with van der Waals surface area (Å²) >= 11 is 0. The Labute approximate surface area is 154 Å². The molecule has 0 aliphatic carbocycles. The van der Waals surface area contributed by atoms with Gasteiger partial charge in [0.2, 0.25) is 0 Å². The van der Waals surface area contributed by atoms with Gasteiger partial charge < -0.3 is 4.90 Å². The molecular formula is C23H22N2O. The first kappa shape index (κ1) is 16.6. The molecule has 0 N–H and O–H groups in total. The van der Waals surface area contributed by atoms with Crippen LogP contribution in [0, 0.1) is 0 Å². The summed E-state index contributed by atoms with van der Waals surface area (Å²) < 4.78 is 0. The van der Waals surface area contributed by atoms with Crippen LogP contribution in [0.25, 0.3) is 0 Å². The van der Waals surface area contributed by atoms with Crippen molar-refractivity contribution in [1.82, 2.24) is 9.80 Å². The van der Waals surface area contributed by atoms with Crippen LogP contribution < -0.4 is 0 Å². The van der Waals surface area contributed by atoms with Crippen LogP contribution in [0.3, 0.4) is 0 Å². The van der Waals surface area contributed by atoms with Gasteiger partial charge in [0.15, 0.2) is 0 Å². The molecule has 0 spiro atoms. The van der Waals surface area contributed by atoms with Gasteiger partial charge in [0, 0.05) is 25.2 Å². The van der Waals surface area contributed by atoms with Crippen LogP contribution in [0.2, 0.25) is 0 Å². The van der Waals surface area contributed by atoms with Gasteiger partial charge in [0.25, 0.3) is 5.91 Å². The van der Waals surface area contributed by atoms with Gasteiger partial charge in [0.05, 0.1) is 0 Å². The molecule has 0 aromatic heterocycles. The first-order valence-corrected chi connectivity index (χ1v) is 9.02. The van der Waals surface area contributed by atoms with Crippen molar-refractivity contribution in [2.75, 3.05) is 13.1 Å². The van der Waals surface area contributed by atoms with Crippen LogP contribution in [0.4, 0.5) is 0 Å². The largest absolute Gasteiger partial charge is 0.317 e. The van der Waals surface area contributed by atoms with Crippen molar-refractivity contribution in [3.63, 3.8) is 0 Å². The smallest absolute Gasteiger partial charge is 0.255 e. The van der Waals surface area contributed by atoms with Gasteiger partial charge in [-0.1, -0.05) is 78.9 Å². The lowest BCUT2D eigenvalue weighted by Gasteiger charge is -2.31. The number of nitrogens with zero attached hydrogens (tertiary/aromatic N) is 2. The second-order valence-electron chi connectivity index (χ2n) is 6.60. The van der Waals surface area contributed by atoms with E-state index in [1.54, 1.807) is 0 Å². The predicted octanol–water partition coefficient (Wildman–Crippen LogP) is 4.34. The molecule has 1 saturated heterocycles. The number of rotatable bonds is 4. The molecule has 130 valence electrons. The summed E-state index contributed by atoms with van der Waals surface area (Å²) in [5.41, 5.74) is 3.17. The van der Waals surface area contributed by atoms with E-state index < -0.39 is 0 Å². The average molecular weight is 342 g/mol. The van der Waals surface area contributed by atoms with Gasteiger partial charge in [-0.25, -0.2) is 0 Å². The van der Waals surface area contributed by atoms with Crippen molar-refractivity contribution in [3.8, 4) is 0 Å². The first-order valence-electron chi connectivity index (χ1n) is 9.02. The third kappa shape index (κ3) is 3.39. The fourth-order valence-electron chi connectivity index (χ4n) is 3.64. The van der Waals surface area contributed by atoms with E-state index in [0.717, 1.165) is 30.8 Å². The summed E-state index contributed by atoms with van der Waals surface area (Å²) in [4.78, 5) is 17.5. The number of carbonyl (C=O) groups is 1. The third-order valence-electron chi connectivity index (χ3n) is 4.88. The molecule has 1 heterocycles. The zero-order chi connectivity index (χ0) is 17.8. The monoisotopic (exact) mass is 342 g/mol. The van der Waals surface area contributed by atoms with Crippen LogP contribution in [0.1, 0.15) is 27.7 Å². The lowest BCUT2D eigenvalue weighted by Crippen LogP contribution is -2.35. The topological polar surface area (TPSA) is 23.6 Å². The minimum atomic E-state index is -0.0379. The quantitative estimate of drug-likeness (QED) is 0.704. The molecule has 1 aliphatic heterocycles. The van der Waals surface area contributed by atoms with E-state index in [1.165, 1.54) is 5.56 Å². The number of benzene rings is 3. The van der Waals surface area contributed by atoms with Crippen molar-refractivity contribution in [2.45, 2.75) is 12.7 Å². The van der Waals surface area contributed by atoms with E-state index in [2.05, 4.69) is 41.3 Å². The van der Waals surface area contributed by atoms with Crippen molar-refractivity contribution >= 4 is 5.91 Å². The van der Waals surface area contributed by atoms with Gasteiger partial charge in [-0.15, -0.1) is 0 Å². The number of carbonyl (C=O) groups excluding carboxylic acids is 1. The van der Waals surface area contributed by atoms with E-state index in [1.807, 2.05) is 59.5 Å². The minimum absolute atomic E-state index is 0.0379. The summed E-state index contributed by atoms with van der Waals surface area (Å²) in [6.45, 7) is 2.44. The van der Waals surface area contributed by atoms with Crippen LogP contribution in [0.15, 0.2) is 91.0 Å². The third-order valence-corrected chi connectivity index (χ3v) is 4.88. The Kier molecular flexibility index (Phi) is 4.80. The Morgan fingerprint density at radius 3 is 2.00 bits per heavy atom. The number of hydrogen-bond donors (Lipinski definition) is 0. The molecule has 1 aliphatic rings. The summed E-state index contributed by atoms with van der Waals surface area (Å²) in [6, 6.07) is 30.3. The molecule has 3 heteroatoms. The molecule has 1 unspecified atom stereocenters. The van der Waals surface area contributed by atoms with E-state index in [0.29, 0.717) is 0 Å². The Balaban J connectivity index is 1.65. The highest BCUT2D eigenvalue weighted by Gasteiger charge is 2.36. The summed E-state index contributed by atoms with van der Waals surface area (Å²) in [7, 11) is 0. The zero-order valence-electron chi connectivity index (χ0n) is 14.7. The fourth-order valence-corrected chi connectivity index (χ4v) is 3.64. The Bertz CT molecular complexity index is 849. The first-order chi connectivity index (χ1) is 12.8. The number of amides is 1. The highest BCUT2D eigenvalue weighted by molar-refractivity contribution is 5.94. The lowest BCUT2D eigenvalue weighted by molar-refractivity contribution is 0.0623. The van der Waals surface area contributed by atoms with Crippen molar-refractivity contribution in [3.05, 3.63) is 108 Å². The maximum absolute atomic E-state index is 13.1.